The van der Waals surface area contributed by atoms with Gasteiger partial charge in [-0.05, 0) is 32.7 Å². The molecule has 116 valence electrons. The first kappa shape index (κ1) is 16.8. The van der Waals surface area contributed by atoms with Gasteiger partial charge < -0.3 is 21.3 Å². The van der Waals surface area contributed by atoms with Crippen LogP contribution < -0.4 is 11.5 Å². The molecule has 1 fully saturated rings. The highest BCUT2D eigenvalue weighted by molar-refractivity contribution is 5.18. The third-order valence-electron chi connectivity index (χ3n) is 3.84. The molecule has 0 amide bonds. The number of piperidine rings is 1. The smallest absolute Gasteiger partial charge is 0.133 e. The van der Waals surface area contributed by atoms with Crippen LogP contribution in [0.1, 0.15) is 27.2 Å². The van der Waals surface area contributed by atoms with E-state index < -0.39 is 6.17 Å². The molecule has 4 nitrogen and oxygen atoms in total. The topological polar surface area (TPSA) is 58.5 Å². The highest BCUT2D eigenvalue weighted by Crippen LogP contribution is 2.22. The van der Waals surface area contributed by atoms with Crippen LogP contribution in [0.15, 0.2) is 23.7 Å². The number of hydrogen-bond acceptors (Lipinski definition) is 4. The van der Waals surface area contributed by atoms with Crippen molar-refractivity contribution in [3.05, 3.63) is 23.7 Å². The minimum Gasteiger partial charge on any atom is -0.402 e. The zero-order valence-electron chi connectivity index (χ0n) is 13.4. The summed E-state index contributed by atoms with van der Waals surface area (Å²) in [5.41, 5.74) is 12.7. The Labute approximate surface area is 122 Å². The summed E-state index contributed by atoms with van der Waals surface area (Å²) < 4.78 is 14.1. The summed E-state index contributed by atoms with van der Waals surface area (Å²) in [5, 5.41) is 0. The number of nitrogens with zero attached hydrogens (tertiary/aromatic N) is 2. The summed E-state index contributed by atoms with van der Waals surface area (Å²) in [7, 11) is 3.83. The Hall–Kier alpha value is -1.23. The quantitative estimate of drug-likeness (QED) is 0.774. The number of halogens is 1. The van der Waals surface area contributed by atoms with Crippen LogP contribution in [0.3, 0.4) is 0 Å². The molecule has 0 bridgehead atoms. The second-order valence-electron chi connectivity index (χ2n) is 6.75. The Kier molecular flexibility index (Phi) is 5.45. The van der Waals surface area contributed by atoms with Crippen molar-refractivity contribution in [1.29, 1.82) is 0 Å². The molecule has 5 heteroatoms. The SMILES string of the molecule is CN(C)C1CCN(/C(N)=C/C=C(\N)C(C)(C)C)CC1F. The fraction of sp³-hybridized carbons (Fsp3) is 0.733. The summed E-state index contributed by atoms with van der Waals surface area (Å²) in [6, 6.07) is -0.0192. The summed E-state index contributed by atoms with van der Waals surface area (Å²) in [4.78, 5) is 3.83. The van der Waals surface area contributed by atoms with Gasteiger partial charge in [-0.25, -0.2) is 4.39 Å². The van der Waals surface area contributed by atoms with Crippen LogP contribution in [-0.2, 0) is 0 Å². The Morgan fingerprint density at radius 1 is 1.25 bits per heavy atom. The molecule has 1 aliphatic rings. The lowest BCUT2D eigenvalue weighted by atomic mass is 9.92. The molecule has 2 unspecified atom stereocenters. The van der Waals surface area contributed by atoms with Crippen LogP contribution in [0.4, 0.5) is 4.39 Å². The van der Waals surface area contributed by atoms with Crippen LogP contribution in [-0.4, -0.2) is 49.2 Å². The molecular formula is C15H29FN4. The lowest BCUT2D eigenvalue weighted by molar-refractivity contribution is 0.0734. The molecule has 1 heterocycles. The molecule has 0 radical (unpaired) electrons. The zero-order valence-corrected chi connectivity index (χ0v) is 13.4. The third kappa shape index (κ3) is 4.40. The number of likely N-dealkylation sites (tertiary alicyclic amines) is 1. The van der Waals surface area contributed by atoms with Gasteiger partial charge in [-0.1, -0.05) is 20.8 Å². The summed E-state index contributed by atoms with van der Waals surface area (Å²) in [5.74, 6) is 0.581. The van der Waals surface area contributed by atoms with E-state index in [-0.39, 0.29) is 11.5 Å². The second kappa shape index (κ2) is 6.48. The van der Waals surface area contributed by atoms with E-state index in [0.29, 0.717) is 12.4 Å². The van der Waals surface area contributed by atoms with Crippen molar-refractivity contribution in [3.8, 4) is 0 Å². The van der Waals surface area contributed by atoms with E-state index in [1.54, 1.807) is 6.08 Å². The van der Waals surface area contributed by atoms with E-state index in [1.165, 1.54) is 0 Å². The summed E-state index contributed by atoms with van der Waals surface area (Å²) in [6.07, 6.45) is 3.50. The van der Waals surface area contributed by atoms with Crippen molar-refractivity contribution in [2.75, 3.05) is 27.2 Å². The standard InChI is InChI=1S/C15H29FN4/c1-15(2,3)13(17)6-7-14(18)20-9-8-12(19(4)5)11(16)10-20/h6-7,11-12H,8-10,17-18H2,1-5H3/b13-6-,14-7+. The molecule has 1 rings (SSSR count). The Balaban J connectivity index is 2.68. The molecule has 2 atom stereocenters. The van der Waals surface area contributed by atoms with Crippen molar-refractivity contribution < 1.29 is 4.39 Å². The molecular weight excluding hydrogens is 255 g/mol. The lowest BCUT2D eigenvalue weighted by Gasteiger charge is -2.38. The van der Waals surface area contributed by atoms with E-state index in [0.717, 1.165) is 18.7 Å². The molecule has 0 saturated carbocycles. The van der Waals surface area contributed by atoms with Gasteiger partial charge >= 0.3 is 0 Å². The fourth-order valence-corrected chi connectivity index (χ4v) is 2.24. The molecule has 0 aromatic rings. The fourth-order valence-electron chi connectivity index (χ4n) is 2.24. The molecule has 20 heavy (non-hydrogen) atoms. The maximum atomic E-state index is 14.1. The largest absolute Gasteiger partial charge is 0.402 e. The van der Waals surface area contributed by atoms with E-state index in [4.69, 9.17) is 11.5 Å². The van der Waals surface area contributed by atoms with E-state index >= 15 is 0 Å². The van der Waals surface area contributed by atoms with Crippen molar-refractivity contribution in [2.24, 2.45) is 16.9 Å². The summed E-state index contributed by atoms with van der Waals surface area (Å²) >= 11 is 0. The normalized spacial score (nSPS) is 26.2. The van der Waals surface area contributed by atoms with Gasteiger partial charge in [0.2, 0.25) is 0 Å². The molecule has 1 saturated heterocycles. The van der Waals surface area contributed by atoms with Gasteiger partial charge in [0, 0.05) is 23.7 Å². The Morgan fingerprint density at radius 3 is 2.30 bits per heavy atom. The first-order valence-corrected chi connectivity index (χ1v) is 7.11. The molecule has 1 aliphatic heterocycles. The predicted molar refractivity (Wildman–Crippen MR) is 82.6 cm³/mol. The lowest BCUT2D eigenvalue weighted by Crippen LogP contribution is -2.50. The minimum absolute atomic E-state index is 0.0192. The van der Waals surface area contributed by atoms with Crippen molar-refractivity contribution in [3.63, 3.8) is 0 Å². The van der Waals surface area contributed by atoms with E-state index in [2.05, 4.69) is 0 Å². The van der Waals surface area contributed by atoms with Crippen LogP contribution in [0.5, 0.6) is 0 Å². The number of hydrogen-bond donors (Lipinski definition) is 2. The highest BCUT2D eigenvalue weighted by atomic mass is 19.1. The van der Waals surface area contributed by atoms with Gasteiger partial charge in [0.15, 0.2) is 0 Å². The molecule has 0 aromatic carbocycles. The Morgan fingerprint density at radius 2 is 1.85 bits per heavy atom. The first-order chi connectivity index (χ1) is 9.12. The molecule has 0 aliphatic carbocycles. The van der Waals surface area contributed by atoms with Gasteiger partial charge in [0.25, 0.3) is 0 Å². The number of nitrogens with two attached hydrogens (primary N) is 2. The van der Waals surface area contributed by atoms with Crippen molar-refractivity contribution in [1.82, 2.24) is 9.80 Å². The van der Waals surface area contributed by atoms with Crippen LogP contribution in [0.25, 0.3) is 0 Å². The Bertz CT molecular complexity index is 382. The minimum atomic E-state index is -0.880. The van der Waals surface area contributed by atoms with E-state index in [1.807, 2.05) is 50.7 Å². The first-order valence-electron chi connectivity index (χ1n) is 7.11. The number of alkyl halides is 1. The maximum absolute atomic E-state index is 14.1. The highest BCUT2D eigenvalue weighted by Gasteiger charge is 2.30. The van der Waals surface area contributed by atoms with Gasteiger partial charge in [0.1, 0.15) is 6.17 Å². The number of rotatable bonds is 3. The van der Waals surface area contributed by atoms with Gasteiger partial charge in [0.05, 0.1) is 12.4 Å². The van der Waals surface area contributed by atoms with Gasteiger partial charge in [-0.3, -0.25) is 0 Å². The maximum Gasteiger partial charge on any atom is 0.133 e. The van der Waals surface area contributed by atoms with Crippen LogP contribution >= 0.6 is 0 Å². The van der Waals surface area contributed by atoms with Crippen LogP contribution in [0.2, 0.25) is 0 Å². The molecule has 0 aromatic heterocycles. The number of allylic oxidation sites excluding steroid dienone is 3. The monoisotopic (exact) mass is 284 g/mol. The summed E-state index contributed by atoms with van der Waals surface area (Å²) in [6.45, 7) is 7.25. The second-order valence-corrected chi connectivity index (χ2v) is 6.75. The molecule has 4 N–H and O–H groups in total. The average Bonchev–Trinajstić information content (AvgIpc) is 2.33. The third-order valence-corrected chi connectivity index (χ3v) is 3.84. The van der Waals surface area contributed by atoms with Gasteiger partial charge in [-0.15, -0.1) is 0 Å². The van der Waals surface area contributed by atoms with Crippen molar-refractivity contribution in [2.45, 2.75) is 39.4 Å². The average molecular weight is 284 g/mol. The van der Waals surface area contributed by atoms with Gasteiger partial charge in [-0.2, -0.15) is 0 Å². The zero-order chi connectivity index (χ0) is 15.5. The molecule has 0 spiro atoms. The van der Waals surface area contributed by atoms with Crippen LogP contribution in [0, 0.1) is 5.41 Å². The van der Waals surface area contributed by atoms with E-state index in [9.17, 15) is 4.39 Å². The predicted octanol–water partition coefficient (Wildman–Crippen LogP) is 1.65. The van der Waals surface area contributed by atoms with Crippen molar-refractivity contribution >= 4 is 0 Å².